The molecule has 1 atom stereocenters. The van der Waals surface area contributed by atoms with E-state index < -0.39 is 5.60 Å². The minimum absolute atomic E-state index is 0.0529. The molecule has 0 aromatic heterocycles. The van der Waals surface area contributed by atoms with Gasteiger partial charge in [-0.15, -0.1) is 0 Å². The van der Waals surface area contributed by atoms with Crippen molar-refractivity contribution in [3.05, 3.63) is 59.9 Å². The van der Waals surface area contributed by atoms with Crippen LogP contribution in [0.2, 0.25) is 0 Å². The van der Waals surface area contributed by atoms with Gasteiger partial charge in [0.25, 0.3) is 0 Å². The van der Waals surface area contributed by atoms with Gasteiger partial charge in [0, 0.05) is 24.7 Å². The molecule has 1 unspecified atom stereocenters. The Morgan fingerprint density at radius 1 is 1.12 bits per heavy atom. The number of hydrogen-bond donors (Lipinski definition) is 2. The van der Waals surface area contributed by atoms with E-state index in [-0.39, 0.29) is 23.6 Å². The third-order valence-electron chi connectivity index (χ3n) is 7.27. The summed E-state index contributed by atoms with van der Waals surface area (Å²) in [6.07, 6.45) is 5.92. The average molecular weight is 455 g/mol. The zero-order valence-electron chi connectivity index (χ0n) is 20.3. The lowest BCUT2D eigenvalue weighted by molar-refractivity contribution is -0.120. The molecule has 0 radical (unpaired) electrons. The quantitative estimate of drug-likeness (QED) is 0.431. The highest BCUT2D eigenvalue weighted by molar-refractivity contribution is 5.92. The summed E-state index contributed by atoms with van der Waals surface area (Å²) in [6.45, 7) is 7.52. The predicted molar refractivity (Wildman–Crippen MR) is 134 cm³/mol. The minimum atomic E-state index is -0.842. The lowest BCUT2D eigenvalue weighted by atomic mass is 9.73. The van der Waals surface area contributed by atoms with E-state index in [0.29, 0.717) is 24.5 Å². The van der Waals surface area contributed by atoms with Crippen LogP contribution in [0, 0.1) is 17.7 Å². The van der Waals surface area contributed by atoms with Crippen molar-refractivity contribution in [1.29, 1.82) is 0 Å². The number of aliphatic hydroxyl groups is 1. The number of benzene rings is 2. The Bertz CT molecular complexity index is 892. The second-order valence-corrected chi connectivity index (χ2v) is 9.32. The number of unbranched alkanes of at least 4 members (excludes halogenated alkanes) is 1. The number of hydrogen-bond acceptors (Lipinski definition) is 3. The lowest BCUT2D eigenvalue weighted by Crippen LogP contribution is -2.44. The zero-order chi connectivity index (χ0) is 23.8. The van der Waals surface area contributed by atoms with Gasteiger partial charge in [0.05, 0.1) is 11.3 Å². The van der Waals surface area contributed by atoms with Crippen LogP contribution < -0.4 is 10.2 Å². The van der Waals surface area contributed by atoms with E-state index in [2.05, 4.69) is 17.1 Å². The molecule has 1 fully saturated rings. The maximum Gasteiger partial charge on any atom is 0.227 e. The van der Waals surface area contributed by atoms with Crippen LogP contribution in [0.3, 0.4) is 0 Å². The first-order valence-corrected chi connectivity index (χ1v) is 12.6. The van der Waals surface area contributed by atoms with Gasteiger partial charge in [-0.05, 0) is 61.8 Å². The Labute approximate surface area is 198 Å². The molecular formula is C28H39FN2O2. The van der Waals surface area contributed by atoms with Gasteiger partial charge in [0.1, 0.15) is 5.82 Å². The molecule has 0 bridgehead atoms. The molecule has 0 spiro atoms. The topological polar surface area (TPSA) is 52.6 Å². The van der Waals surface area contributed by atoms with E-state index >= 15 is 0 Å². The third kappa shape index (κ3) is 5.94. The summed E-state index contributed by atoms with van der Waals surface area (Å²) < 4.78 is 15.0. The number of halogens is 1. The largest absolute Gasteiger partial charge is 0.385 e. The van der Waals surface area contributed by atoms with Crippen molar-refractivity contribution in [2.45, 2.75) is 71.3 Å². The van der Waals surface area contributed by atoms with Crippen LogP contribution in [0.15, 0.2) is 48.5 Å². The number of carbonyl (C=O) groups excluding carboxylic acids is 1. The van der Waals surface area contributed by atoms with Gasteiger partial charge in [-0.3, -0.25) is 4.79 Å². The Morgan fingerprint density at radius 3 is 2.36 bits per heavy atom. The Hall–Kier alpha value is -2.40. The van der Waals surface area contributed by atoms with Gasteiger partial charge in [-0.25, -0.2) is 4.39 Å². The van der Waals surface area contributed by atoms with Crippen LogP contribution in [0.4, 0.5) is 15.8 Å². The molecule has 2 N–H and O–H groups in total. The first-order chi connectivity index (χ1) is 15.9. The molecule has 2 aromatic rings. The molecule has 1 saturated heterocycles. The first kappa shape index (κ1) is 25.2. The van der Waals surface area contributed by atoms with Crippen LogP contribution >= 0.6 is 0 Å². The summed E-state index contributed by atoms with van der Waals surface area (Å²) in [6, 6.07) is 15.0. The van der Waals surface area contributed by atoms with Crippen molar-refractivity contribution in [2.24, 2.45) is 11.8 Å². The summed E-state index contributed by atoms with van der Waals surface area (Å²) in [5.74, 6) is -0.285. The van der Waals surface area contributed by atoms with Crippen molar-refractivity contribution in [1.82, 2.24) is 0 Å². The standard InChI is InChI=1S/C28H39FN2O2/c1-4-7-17-28(33,22-11-9-8-10-12-22)23-15-18-31(19-16-23)26-14-13-24(20-25(26)29)30-27(32)21(5-2)6-3/h8-14,20-21,23,33H,4-7,15-19H2,1-3H3,(H,30,32). The van der Waals surface area contributed by atoms with Gasteiger partial charge in [0.2, 0.25) is 5.91 Å². The van der Waals surface area contributed by atoms with Crippen LogP contribution in [-0.2, 0) is 10.4 Å². The molecule has 1 heterocycles. The van der Waals surface area contributed by atoms with E-state index in [4.69, 9.17) is 0 Å². The van der Waals surface area contributed by atoms with Crippen molar-refractivity contribution in [3.8, 4) is 0 Å². The predicted octanol–water partition coefficient (Wildman–Crippen LogP) is 6.49. The van der Waals surface area contributed by atoms with Crippen molar-refractivity contribution < 1.29 is 14.3 Å². The molecule has 1 aliphatic heterocycles. The lowest BCUT2D eigenvalue weighted by Gasteiger charge is -2.43. The van der Waals surface area contributed by atoms with Gasteiger partial charge in [0.15, 0.2) is 0 Å². The molecule has 0 aliphatic carbocycles. The monoisotopic (exact) mass is 454 g/mol. The number of amides is 1. The fourth-order valence-corrected chi connectivity index (χ4v) is 5.10. The number of anilines is 2. The highest BCUT2D eigenvalue weighted by Crippen LogP contribution is 2.41. The Kier molecular flexibility index (Phi) is 8.90. The molecule has 4 nitrogen and oxygen atoms in total. The number of rotatable bonds is 10. The first-order valence-electron chi connectivity index (χ1n) is 12.6. The normalized spacial score (nSPS) is 16.6. The highest BCUT2D eigenvalue weighted by atomic mass is 19.1. The highest BCUT2D eigenvalue weighted by Gasteiger charge is 2.39. The summed E-state index contributed by atoms with van der Waals surface area (Å²) in [7, 11) is 0. The molecule has 0 saturated carbocycles. The number of nitrogens with zero attached hydrogens (tertiary/aromatic N) is 1. The molecule has 1 amide bonds. The maximum atomic E-state index is 15.0. The molecule has 1 aliphatic rings. The fourth-order valence-electron chi connectivity index (χ4n) is 5.10. The fraction of sp³-hybridized carbons (Fsp3) is 0.536. The van der Waals surface area contributed by atoms with Crippen LogP contribution in [-0.4, -0.2) is 24.1 Å². The molecular weight excluding hydrogens is 415 g/mol. The van der Waals surface area contributed by atoms with E-state index in [1.165, 1.54) is 6.07 Å². The maximum absolute atomic E-state index is 15.0. The molecule has 180 valence electrons. The second kappa shape index (κ2) is 11.6. The SMILES string of the molecule is CCCCC(O)(c1ccccc1)C1CCN(c2ccc(NC(=O)C(CC)CC)cc2F)CC1. The summed E-state index contributed by atoms with van der Waals surface area (Å²) in [5, 5.41) is 14.6. The van der Waals surface area contributed by atoms with Crippen LogP contribution in [0.5, 0.6) is 0 Å². The van der Waals surface area contributed by atoms with Gasteiger partial charge in [-0.2, -0.15) is 0 Å². The van der Waals surface area contributed by atoms with E-state index in [0.717, 1.165) is 50.5 Å². The summed E-state index contributed by atoms with van der Waals surface area (Å²) in [4.78, 5) is 14.4. The van der Waals surface area contributed by atoms with Crippen molar-refractivity contribution >= 4 is 17.3 Å². The van der Waals surface area contributed by atoms with Gasteiger partial charge in [-0.1, -0.05) is 63.9 Å². The second-order valence-electron chi connectivity index (χ2n) is 9.32. The zero-order valence-corrected chi connectivity index (χ0v) is 20.3. The van der Waals surface area contributed by atoms with Crippen molar-refractivity contribution in [3.63, 3.8) is 0 Å². The van der Waals surface area contributed by atoms with Crippen molar-refractivity contribution in [2.75, 3.05) is 23.3 Å². The molecule has 5 heteroatoms. The van der Waals surface area contributed by atoms with E-state index in [1.807, 2.05) is 44.2 Å². The molecule has 33 heavy (non-hydrogen) atoms. The molecule has 3 rings (SSSR count). The Balaban J connectivity index is 1.68. The minimum Gasteiger partial charge on any atom is -0.385 e. The number of carbonyl (C=O) groups is 1. The molecule has 2 aromatic carbocycles. The van der Waals surface area contributed by atoms with Crippen LogP contribution in [0.1, 0.15) is 71.3 Å². The third-order valence-corrected chi connectivity index (χ3v) is 7.27. The van der Waals surface area contributed by atoms with Crippen LogP contribution in [0.25, 0.3) is 0 Å². The average Bonchev–Trinajstić information content (AvgIpc) is 2.84. The van der Waals surface area contributed by atoms with Gasteiger partial charge < -0.3 is 15.3 Å². The summed E-state index contributed by atoms with van der Waals surface area (Å²) in [5.41, 5.74) is 1.21. The summed E-state index contributed by atoms with van der Waals surface area (Å²) >= 11 is 0. The van der Waals surface area contributed by atoms with E-state index in [1.54, 1.807) is 12.1 Å². The number of piperidine rings is 1. The smallest absolute Gasteiger partial charge is 0.227 e. The number of nitrogens with one attached hydrogen (secondary N) is 1. The van der Waals surface area contributed by atoms with Gasteiger partial charge >= 0.3 is 0 Å². The van der Waals surface area contributed by atoms with E-state index in [9.17, 15) is 14.3 Å². The Morgan fingerprint density at radius 2 is 1.79 bits per heavy atom.